The van der Waals surface area contributed by atoms with Crippen molar-refractivity contribution in [2.45, 2.75) is 19.9 Å². The Kier molecular flexibility index (Phi) is 5.04. The third-order valence-corrected chi connectivity index (χ3v) is 5.52. The lowest BCUT2D eigenvalue weighted by Crippen LogP contribution is -2.47. The molecule has 0 amide bonds. The van der Waals surface area contributed by atoms with Crippen LogP contribution in [0.3, 0.4) is 0 Å². The molecule has 4 rings (SSSR count). The number of nitrogens with zero attached hydrogens (tertiary/aromatic N) is 5. The van der Waals surface area contributed by atoms with Crippen molar-refractivity contribution < 1.29 is 0 Å². The maximum absolute atomic E-state index is 12.3. The second kappa shape index (κ2) is 7.63. The molecule has 1 N–H and O–H groups in total. The second-order valence-corrected chi connectivity index (χ2v) is 7.21. The molecular weight excluding hydrogens is 356 g/mol. The molecule has 0 bridgehead atoms. The van der Waals surface area contributed by atoms with Gasteiger partial charge in [0, 0.05) is 46.3 Å². The molecule has 148 valence electrons. The van der Waals surface area contributed by atoms with E-state index in [1.807, 2.05) is 17.6 Å². The van der Waals surface area contributed by atoms with Gasteiger partial charge in [0.15, 0.2) is 11.2 Å². The fourth-order valence-electron chi connectivity index (χ4n) is 3.87. The number of hydrogen-bond acceptors (Lipinski definition) is 5. The van der Waals surface area contributed by atoms with Crippen LogP contribution in [0.5, 0.6) is 0 Å². The number of anilines is 1. The normalized spacial score (nSPS) is 15.4. The van der Waals surface area contributed by atoms with Gasteiger partial charge in [-0.25, -0.2) is 4.79 Å². The van der Waals surface area contributed by atoms with E-state index in [1.165, 1.54) is 10.1 Å². The van der Waals surface area contributed by atoms with Gasteiger partial charge >= 0.3 is 5.69 Å². The van der Waals surface area contributed by atoms with Crippen molar-refractivity contribution in [1.29, 1.82) is 0 Å². The van der Waals surface area contributed by atoms with Crippen molar-refractivity contribution in [3.8, 4) is 0 Å². The first-order valence-corrected chi connectivity index (χ1v) is 9.79. The van der Waals surface area contributed by atoms with E-state index in [2.05, 4.69) is 44.0 Å². The van der Waals surface area contributed by atoms with Gasteiger partial charge in [-0.1, -0.05) is 30.3 Å². The van der Waals surface area contributed by atoms with Gasteiger partial charge in [-0.2, -0.15) is 4.98 Å². The monoisotopic (exact) mass is 382 g/mol. The molecule has 0 saturated carbocycles. The predicted molar refractivity (Wildman–Crippen MR) is 110 cm³/mol. The predicted octanol–water partition coefficient (Wildman–Crippen LogP) is 0.808. The van der Waals surface area contributed by atoms with E-state index < -0.39 is 5.69 Å². The highest BCUT2D eigenvalue weighted by atomic mass is 16.2. The standard InChI is InChI=1S/C20H26N6O2/c1-3-26-16-17(23(2)20(28)22-18(16)27)21-19(26)25-13-11-24(12-14-25)10-9-15-7-5-4-6-8-15/h4-8H,3,9-14H2,1-2H3,(H,22,27,28). The van der Waals surface area contributed by atoms with Crippen molar-refractivity contribution in [2.75, 3.05) is 37.6 Å². The lowest BCUT2D eigenvalue weighted by molar-refractivity contribution is 0.259. The Morgan fingerprint density at radius 3 is 2.46 bits per heavy atom. The van der Waals surface area contributed by atoms with Crippen molar-refractivity contribution in [1.82, 2.24) is 24.0 Å². The minimum atomic E-state index is -0.435. The number of aromatic nitrogens is 4. The highest BCUT2D eigenvalue weighted by Gasteiger charge is 2.24. The summed E-state index contributed by atoms with van der Waals surface area (Å²) in [5.74, 6) is 0.770. The van der Waals surface area contributed by atoms with Gasteiger partial charge in [0.1, 0.15) is 0 Å². The van der Waals surface area contributed by atoms with Crippen molar-refractivity contribution in [2.24, 2.45) is 7.05 Å². The van der Waals surface area contributed by atoms with Crippen LogP contribution in [0.25, 0.3) is 11.2 Å². The number of H-pyrrole nitrogens is 1. The van der Waals surface area contributed by atoms with Crippen LogP contribution in [0.15, 0.2) is 39.9 Å². The van der Waals surface area contributed by atoms with E-state index in [-0.39, 0.29) is 5.56 Å². The fourth-order valence-corrected chi connectivity index (χ4v) is 3.87. The Hall–Kier alpha value is -2.87. The molecule has 2 aromatic heterocycles. The topological polar surface area (TPSA) is 79.2 Å². The molecule has 0 aliphatic carbocycles. The van der Waals surface area contributed by atoms with Crippen LogP contribution in [0.2, 0.25) is 0 Å². The number of benzene rings is 1. The minimum absolute atomic E-state index is 0.375. The highest BCUT2D eigenvalue weighted by Crippen LogP contribution is 2.20. The van der Waals surface area contributed by atoms with E-state index in [0.717, 1.165) is 45.1 Å². The van der Waals surface area contributed by atoms with Gasteiger partial charge < -0.3 is 9.47 Å². The first-order chi connectivity index (χ1) is 13.6. The summed E-state index contributed by atoms with van der Waals surface area (Å²) >= 11 is 0. The largest absolute Gasteiger partial charge is 0.340 e. The molecule has 1 aromatic carbocycles. The molecule has 1 aliphatic rings. The van der Waals surface area contributed by atoms with Crippen LogP contribution in [-0.2, 0) is 20.0 Å². The lowest BCUT2D eigenvalue weighted by Gasteiger charge is -2.35. The third-order valence-electron chi connectivity index (χ3n) is 5.52. The molecule has 8 heteroatoms. The smallest absolute Gasteiger partial charge is 0.329 e. The maximum Gasteiger partial charge on any atom is 0.329 e. The molecule has 3 aromatic rings. The lowest BCUT2D eigenvalue weighted by atomic mass is 10.1. The van der Waals surface area contributed by atoms with Crippen molar-refractivity contribution in [3.63, 3.8) is 0 Å². The van der Waals surface area contributed by atoms with E-state index in [0.29, 0.717) is 17.7 Å². The third kappa shape index (κ3) is 3.35. The Morgan fingerprint density at radius 2 is 1.79 bits per heavy atom. The first kappa shape index (κ1) is 18.5. The van der Waals surface area contributed by atoms with Crippen LogP contribution in [-0.4, -0.2) is 56.7 Å². The number of fused-ring (bicyclic) bond motifs is 1. The number of piperazine rings is 1. The molecule has 1 aliphatic heterocycles. The molecule has 1 saturated heterocycles. The fraction of sp³-hybridized carbons (Fsp3) is 0.450. The molecule has 3 heterocycles. The van der Waals surface area contributed by atoms with Gasteiger partial charge in [0.2, 0.25) is 5.95 Å². The number of hydrogen-bond donors (Lipinski definition) is 1. The van der Waals surface area contributed by atoms with Gasteiger partial charge in [-0.05, 0) is 18.9 Å². The van der Waals surface area contributed by atoms with E-state index in [1.54, 1.807) is 7.05 Å². The zero-order chi connectivity index (χ0) is 19.7. The zero-order valence-electron chi connectivity index (χ0n) is 16.4. The van der Waals surface area contributed by atoms with Crippen molar-refractivity contribution >= 4 is 17.1 Å². The first-order valence-electron chi connectivity index (χ1n) is 9.79. The Labute approximate surface area is 163 Å². The SMILES string of the molecule is CCn1c(N2CCN(CCc3ccccc3)CC2)nc2c1c(=O)[nH]c(=O)n2C. The van der Waals surface area contributed by atoms with Crippen LogP contribution in [0, 0.1) is 0 Å². The molecule has 0 unspecified atom stereocenters. The molecule has 8 nitrogen and oxygen atoms in total. The highest BCUT2D eigenvalue weighted by molar-refractivity contribution is 5.74. The van der Waals surface area contributed by atoms with Gasteiger partial charge in [-0.15, -0.1) is 0 Å². The quantitative estimate of drug-likeness (QED) is 0.706. The van der Waals surface area contributed by atoms with Gasteiger partial charge in [-0.3, -0.25) is 19.2 Å². The summed E-state index contributed by atoms with van der Waals surface area (Å²) in [5.41, 5.74) is 1.46. The number of rotatable bonds is 5. The van der Waals surface area contributed by atoms with E-state index in [9.17, 15) is 9.59 Å². The number of aromatic amines is 1. The summed E-state index contributed by atoms with van der Waals surface area (Å²) in [7, 11) is 1.64. The van der Waals surface area contributed by atoms with Crippen molar-refractivity contribution in [3.05, 3.63) is 56.7 Å². The van der Waals surface area contributed by atoms with E-state index in [4.69, 9.17) is 0 Å². The van der Waals surface area contributed by atoms with Crippen LogP contribution < -0.4 is 16.1 Å². The summed E-state index contributed by atoms with van der Waals surface area (Å²) < 4.78 is 3.32. The second-order valence-electron chi connectivity index (χ2n) is 7.21. The average Bonchev–Trinajstić information content (AvgIpc) is 3.12. The summed E-state index contributed by atoms with van der Waals surface area (Å²) in [6.07, 6.45) is 1.05. The van der Waals surface area contributed by atoms with Crippen LogP contribution >= 0.6 is 0 Å². The molecule has 0 radical (unpaired) electrons. The van der Waals surface area contributed by atoms with Crippen LogP contribution in [0.1, 0.15) is 12.5 Å². The Morgan fingerprint density at radius 1 is 1.07 bits per heavy atom. The zero-order valence-corrected chi connectivity index (χ0v) is 16.4. The molecule has 0 atom stereocenters. The summed E-state index contributed by atoms with van der Waals surface area (Å²) in [4.78, 5) is 36.0. The summed E-state index contributed by atoms with van der Waals surface area (Å²) in [6.45, 7) is 7.26. The number of imidazole rings is 1. The van der Waals surface area contributed by atoms with Gasteiger partial charge in [0.05, 0.1) is 0 Å². The molecule has 28 heavy (non-hydrogen) atoms. The number of nitrogens with one attached hydrogen (secondary N) is 1. The van der Waals surface area contributed by atoms with E-state index >= 15 is 0 Å². The maximum atomic E-state index is 12.3. The molecular formula is C20H26N6O2. The average molecular weight is 382 g/mol. The van der Waals surface area contributed by atoms with Gasteiger partial charge in [0.25, 0.3) is 5.56 Å². The Bertz CT molecular complexity index is 1070. The molecule has 1 fully saturated rings. The molecule has 0 spiro atoms. The summed E-state index contributed by atoms with van der Waals surface area (Å²) in [5, 5.41) is 0. The summed E-state index contributed by atoms with van der Waals surface area (Å²) in [6, 6.07) is 10.5. The number of aryl methyl sites for hydroxylation is 2. The minimum Gasteiger partial charge on any atom is -0.340 e. The Balaban J connectivity index is 1.51. The van der Waals surface area contributed by atoms with Crippen LogP contribution in [0.4, 0.5) is 5.95 Å².